The van der Waals surface area contributed by atoms with Crippen LogP contribution in [0.2, 0.25) is 0 Å². The molecule has 1 aromatic rings. The fourth-order valence-corrected chi connectivity index (χ4v) is 1.82. The van der Waals surface area contributed by atoms with Crippen molar-refractivity contribution in [2.45, 2.75) is 39.2 Å². The van der Waals surface area contributed by atoms with Crippen molar-refractivity contribution < 1.29 is 0 Å². The number of nitrogens with two attached hydrogens (primary N) is 1. The molecule has 1 unspecified atom stereocenters. The third-order valence-corrected chi connectivity index (χ3v) is 2.72. The second kappa shape index (κ2) is 5.26. The Hall–Kier alpha value is -0.680. The summed E-state index contributed by atoms with van der Waals surface area (Å²) in [5.74, 6) is 1.30. The Morgan fingerprint density at radius 3 is 2.64 bits per heavy atom. The highest BCUT2D eigenvalue weighted by Gasteiger charge is 2.10. The van der Waals surface area contributed by atoms with Crippen molar-refractivity contribution in [2.75, 3.05) is 11.9 Å². The summed E-state index contributed by atoms with van der Waals surface area (Å²) in [4.78, 5) is 4.39. The van der Waals surface area contributed by atoms with Crippen LogP contribution < -0.4 is 11.1 Å². The summed E-state index contributed by atoms with van der Waals surface area (Å²) >= 11 is 1.41. The van der Waals surface area contributed by atoms with Gasteiger partial charge in [-0.25, -0.2) is 4.98 Å². The van der Waals surface area contributed by atoms with Crippen molar-refractivity contribution in [1.82, 2.24) is 9.36 Å². The first-order valence-corrected chi connectivity index (χ1v) is 5.74. The van der Waals surface area contributed by atoms with Crippen LogP contribution in [0.25, 0.3) is 0 Å². The maximum absolute atomic E-state index is 5.59. The molecule has 0 aliphatic rings. The molecule has 0 amide bonds. The molecule has 0 fully saturated rings. The van der Waals surface area contributed by atoms with Gasteiger partial charge < -0.3 is 11.1 Å². The van der Waals surface area contributed by atoms with E-state index in [1.165, 1.54) is 11.5 Å². The second-order valence-corrected chi connectivity index (χ2v) is 4.35. The molecule has 4 nitrogen and oxygen atoms in total. The zero-order valence-electron chi connectivity index (χ0n) is 8.95. The van der Waals surface area contributed by atoms with Gasteiger partial charge in [-0.05, 0) is 6.42 Å². The van der Waals surface area contributed by atoms with Crippen LogP contribution in [0, 0.1) is 0 Å². The summed E-state index contributed by atoms with van der Waals surface area (Å²) in [5.41, 5.74) is 5.59. The monoisotopic (exact) mass is 214 g/mol. The lowest BCUT2D eigenvalue weighted by atomic mass is 10.2. The molecule has 0 saturated carbocycles. The third kappa shape index (κ3) is 2.92. The van der Waals surface area contributed by atoms with Crippen molar-refractivity contribution in [2.24, 2.45) is 5.73 Å². The summed E-state index contributed by atoms with van der Waals surface area (Å²) in [7, 11) is 0. The molecule has 80 valence electrons. The Morgan fingerprint density at radius 2 is 2.21 bits per heavy atom. The highest BCUT2D eigenvalue weighted by Crippen LogP contribution is 2.18. The van der Waals surface area contributed by atoms with Crippen molar-refractivity contribution in [3.05, 3.63) is 5.82 Å². The Labute approximate surface area is 89.1 Å². The van der Waals surface area contributed by atoms with Gasteiger partial charge in [0.15, 0.2) is 0 Å². The van der Waals surface area contributed by atoms with Crippen LogP contribution in [0.5, 0.6) is 0 Å². The molecule has 1 atom stereocenters. The van der Waals surface area contributed by atoms with E-state index in [1.54, 1.807) is 0 Å². The van der Waals surface area contributed by atoms with Crippen LogP contribution in [-0.4, -0.2) is 21.9 Å². The number of rotatable bonds is 5. The molecular formula is C9H18N4S. The maximum Gasteiger partial charge on any atom is 0.202 e. The Balaban J connectivity index is 2.58. The zero-order chi connectivity index (χ0) is 10.6. The minimum absolute atomic E-state index is 0.308. The molecule has 0 spiro atoms. The quantitative estimate of drug-likeness (QED) is 0.784. The van der Waals surface area contributed by atoms with E-state index in [4.69, 9.17) is 5.73 Å². The number of hydrogen-bond acceptors (Lipinski definition) is 5. The molecule has 14 heavy (non-hydrogen) atoms. The first-order valence-electron chi connectivity index (χ1n) is 4.97. The van der Waals surface area contributed by atoms with Crippen LogP contribution in [-0.2, 0) is 0 Å². The molecule has 1 rings (SSSR count). The summed E-state index contributed by atoms with van der Waals surface area (Å²) in [5, 5.41) is 4.15. The lowest BCUT2D eigenvalue weighted by Gasteiger charge is -2.12. The van der Waals surface area contributed by atoms with E-state index in [0.29, 0.717) is 18.5 Å². The van der Waals surface area contributed by atoms with Gasteiger partial charge in [0, 0.05) is 30.0 Å². The van der Waals surface area contributed by atoms with Gasteiger partial charge in [-0.15, -0.1) is 0 Å². The van der Waals surface area contributed by atoms with Gasteiger partial charge in [-0.3, -0.25) is 0 Å². The normalized spacial score (nSPS) is 13.2. The van der Waals surface area contributed by atoms with Crippen molar-refractivity contribution >= 4 is 16.7 Å². The minimum Gasteiger partial charge on any atom is -0.356 e. The van der Waals surface area contributed by atoms with Gasteiger partial charge in [0.05, 0.1) is 0 Å². The summed E-state index contributed by atoms with van der Waals surface area (Å²) < 4.78 is 4.26. The standard InChI is InChI=1S/C9H18N4S/c1-4-7(5-10)11-9-12-8(6(2)3)13-14-9/h6-7H,4-5,10H2,1-3H3,(H,11,12,13). The summed E-state index contributed by atoms with van der Waals surface area (Å²) in [6.07, 6.45) is 1.01. The van der Waals surface area contributed by atoms with Crippen LogP contribution in [0.1, 0.15) is 38.9 Å². The van der Waals surface area contributed by atoms with Crippen molar-refractivity contribution in [3.8, 4) is 0 Å². The fraction of sp³-hybridized carbons (Fsp3) is 0.778. The van der Waals surface area contributed by atoms with Crippen molar-refractivity contribution in [3.63, 3.8) is 0 Å². The van der Waals surface area contributed by atoms with E-state index < -0.39 is 0 Å². The summed E-state index contributed by atoms with van der Waals surface area (Å²) in [6, 6.07) is 0.308. The van der Waals surface area contributed by atoms with Gasteiger partial charge in [-0.1, -0.05) is 20.8 Å². The predicted octanol–water partition coefficient (Wildman–Crippen LogP) is 1.81. The molecule has 5 heteroatoms. The van der Waals surface area contributed by atoms with E-state index >= 15 is 0 Å². The fourth-order valence-electron chi connectivity index (χ4n) is 1.03. The molecule has 0 bridgehead atoms. The van der Waals surface area contributed by atoms with Gasteiger partial charge in [0.25, 0.3) is 0 Å². The molecule has 1 heterocycles. The lowest BCUT2D eigenvalue weighted by molar-refractivity contribution is 0.700. The maximum atomic E-state index is 5.59. The molecule has 0 aliphatic heterocycles. The van der Waals surface area contributed by atoms with Gasteiger partial charge in [0.2, 0.25) is 5.13 Å². The van der Waals surface area contributed by atoms with Gasteiger partial charge >= 0.3 is 0 Å². The molecule has 0 aliphatic carbocycles. The Bertz CT molecular complexity index is 268. The van der Waals surface area contributed by atoms with E-state index in [0.717, 1.165) is 17.4 Å². The molecule has 1 aromatic heterocycles. The SMILES string of the molecule is CCC(CN)Nc1nc(C(C)C)ns1. The number of hydrogen-bond donors (Lipinski definition) is 2. The lowest BCUT2D eigenvalue weighted by Crippen LogP contribution is -2.27. The van der Waals surface area contributed by atoms with Crippen LogP contribution in [0.4, 0.5) is 5.13 Å². The predicted molar refractivity (Wildman–Crippen MR) is 60.8 cm³/mol. The first-order chi connectivity index (χ1) is 6.67. The van der Waals surface area contributed by atoms with E-state index in [2.05, 4.69) is 35.4 Å². The Morgan fingerprint density at radius 1 is 1.50 bits per heavy atom. The van der Waals surface area contributed by atoms with E-state index in [-0.39, 0.29) is 0 Å². The molecular weight excluding hydrogens is 196 g/mol. The highest BCUT2D eigenvalue weighted by atomic mass is 32.1. The smallest absolute Gasteiger partial charge is 0.202 e. The van der Waals surface area contributed by atoms with Gasteiger partial charge in [0.1, 0.15) is 5.82 Å². The summed E-state index contributed by atoms with van der Waals surface area (Å²) in [6.45, 7) is 6.92. The average molecular weight is 214 g/mol. The van der Waals surface area contributed by atoms with Gasteiger partial charge in [-0.2, -0.15) is 4.37 Å². The number of nitrogens with zero attached hydrogens (tertiary/aromatic N) is 2. The minimum atomic E-state index is 0.308. The number of anilines is 1. The van der Waals surface area contributed by atoms with Crippen LogP contribution in [0.3, 0.4) is 0 Å². The van der Waals surface area contributed by atoms with E-state index in [1.807, 2.05) is 0 Å². The van der Waals surface area contributed by atoms with Crippen molar-refractivity contribution in [1.29, 1.82) is 0 Å². The third-order valence-electron chi connectivity index (χ3n) is 2.06. The molecule has 0 saturated heterocycles. The molecule has 0 aromatic carbocycles. The Kier molecular flexibility index (Phi) is 4.28. The highest BCUT2D eigenvalue weighted by molar-refractivity contribution is 7.09. The van der Waals surface area contributed by atoms with Crippen LogP contribution >= 0.6 is 11.5 Å². The largest absolute Gasteiger partial charge is 0.356 e. The molecule has 3 N–H and O–H groups in total. The topological polar surface area (TPSA) is 63.8 Å². The average Bonchev–Trinajstić information content (AvgIpc) is 2.62. The molecule has 0 radical (unpaired) electrons. The number of aromatic nitrogens is 2. The van der Waals surface area contributed by atoms with E-state index in [9.17, 15) is 0 Å². The van der Waals surface area contributed by atoms with Crippen LogP contribution in [0.15, 0.2) is 0 Å². The second-order valence-electron chi connectivity index (χ2n) is 3.60. The number of nitrogens with one attached hydrogen (secondary N) is 1. The zero-order valence-corrected chi connectivity index (χ0v) is 9.77. The first kappa shape index (κ1) is 11.4.